The van der Waals surface area contributed by atoms with Crippen molar-refractivity contribution >= 4 is 8.32 Å². The highest BCUT2D eigenvalue weighted by Gasteiger charge is 2.48. The van der Waals surface area contributed by atoms with Crippen LogP contribution in [-0.2, 0) is 20.5 Å². The molecule has 154 valence electrons. The normalized spacial score (nSPS) is 24.1. The van der Waals surface area contributed by atoms with E-state index in [2.05, 4.69) is 33.9 Å². The molecular formula is C21H36FNO3Si. The number of alkyl halides is 1. The van der Waals surface area contributed by atoms with Gasteiger partial charge in [0.05, 0.1) is 12.6 Å². The number of hydroxylamine groups is 2. The lowest BCUT2D eigenvalue weighted by atomic mass is 9.96. The van der Waals surface area contributed by atoms with E-state index >= 15 is 4.39 Å². The first-order chi connectivity index (χ1) is 12.5. The van der Waals surface area contributed by atoms with E-state index in [1.165, 1.54) is 0 Å². The van der Waals surface area contributed by atoms with Crippen LogP contribution in [0.1, 0.15) is 46.6 Å². The molecule has 0 bridgehead atoms. The molecule has 1 aromatic carbocycles. The first-order valence-corrected chi connectivity index (χ1v) is 12.8. The third-order valence-corrected chi connectivity index (χ3v) is 10.2. The molecule has 0 spiro atoms. The summed E-state index contributed by atoms with van der Waals surface area (Å²) < 4.78 is 27.6. The zero-order valence-electron chi connectivity index (χ0n) is 17.9. The van der Waals surface area contributed by atoms with E-state index in [4.69, 9.17) is 14.0 Å². The second kappa shape index (κ2) is 8.70. The molecule has 1 aromatic rings. The van der Waals surface area contributed by atoms with Crippen LogP contribution in [-0.4, -0.2) is 44.6 Å². The van der Waals surface area contributed by atoms with E-state index in [0.29, 0.717) is 19.6 Å². The first-order valence-electron chi connectivity index (χ1n) is 9.88. The lowest BCUT2D eigenvalue weighted by Gasteiger charge is -2.40. The molecule has 0 radical (unpaired) electrons. The van der Waals surface area contributed by atoms with Gasteiger partial charge >= 0.3 is 0 Å². The number of halogens is 1. The molecule has 1 heterocycles. The van der Waals surface area contributed by atoms with E-state index in [1.807, 2.05) is 37.3 Å². The van der Waals surface area contributed by atoms with Crippen molar-refractivity contribution in [2.75, 3.05) is 13.2 Å². The number of rotatable bonds is 8. The van der Waals surface area contributed by atoms with Crippen molar-refractivity contribution < 1.29 is 18.4 Å². The predicted molar refractivity (Wildman–Crippen MR) is 110 cm³/mol. The Hall–Kier alpha value is -0.793. The summed E-state index contributed by atoms with van der Waals surface area (Å²) in [7, 11) is -2.02. The van der Waals surface area contributed by atoms with E-state index < -0.39 is 26.3 Å². The van der Waals surface area contributed by atoms with Gasteiger partial charge in [0.2, 0.25) is 0 Å². The Morgan fingerprint density at radius 3 is 2.37 bits per heavy atom. The summed E-state index contributed by atoms with van der Waals surface area (Å²) in [6.07, 6.45) is 0.0841. The maximum Gasteiger partial charge on any atom is 0.192 e. The molecule has 1 aliphatic rings. The van der Waals surface area contributed by atoms with Gasteiger partial charge in [-0.05, 0) is 37.5 Å². The summed E-state index contributed by atoms with van der Waals surface area (Å²) in [4.78, 5) is 5.93. The van der Waals surface area contributed by atoms with Crippen molar-refractivity contribution in [1.29, 1.82) is 0 Å². The minimum Gasteiger partial charge on any atom is -0.414 e. The van der Waals surface area contributed by atoms with Crippen LogP contribution in [0.2, 0.25) is 18.1 Å². The van der Waals surface area contributed by atoms with Crippen LogP contribution in [0.4, 0.5) is 4.39 Å². The van der Waals surface area contributed by atoms with Crippen LogP contribution in [0.25, 0.3) is 0 Å². The molecular weight excluding hydrogens is 361 g/mol. The highest BCUT2D eigenvalue weighted by atomic mass is 28.4. The molecule has 6 heteroatoms. The molecule has 0 aromatic heterocycles. The van der Waals surface area contributed by atoms with Crippen LogP contribution in [0, 0.1) is 0 Å². The summed E-state index contributed by atoms with van der Waals surface area (Å²) in [6.45, 7) is 15.5. The van der Waals surface area contributed by atoms with Crippen molar-refractivity contribution in [3.8, 4) is 0 Å². The Morgan fingerprint density at radius 2 is 1.81 bits per heavy atom. The van der Waals surface area contributed by atoms with Gasteiger partial charge in [-0.2, -0.15) is 5.06 Å². The van der Waals surface area contributed by atoms with Gasteiger partial charge in [0, 0.05) is 19.6 Å². The maximum absolute atomic E-state index is 15.8. The summed E-state index contributed by atoms with van der Waals surface area (Å²) in [5.74, 6) is 0. The maximum atomic E-state index is 15.8. The molecule has 2 rings (SSSR count). The van der Waals surface area contributed by atoms with Gasteiger partial charge in [-0.15, -0.1) is 0 Å². The molecule has 0 saturated carbocycles. The van der Waals surface area contributed by atoms with Crippen molar-refractivity contribution in [3.63, 3.8) is 0 Å². The van der Waals surface area contributed by atoms with Crippen molar-refractivity contribution in [3.05, 3.63) is 35.9 Å². The third kappa shape index (κ3) is 5.84. The summed E-state index contributed by atoms with van der Waals surface area (Å²) >= 11 is 0. The highest BCUT2D eigenvalue weighted by Crippen LogP contribution is 2.39. The molecule has 1 fully saturated rings. The largest absolute Gasteiger partial charge is 0.414 e. The van der Waals surface area contributed by atoms with Crippen molar-refractivity contribution in [2.24, 2.45) is 0 Å². The Kier molecular flexibility index (Phi) is 7.25. The lowest BCUT2D eigenvalue weighted by molar-refractivity contribution is -0.251. The average molecular weight is 398 g/mol. The second-order valence-corrected chi connectivity index (χ2v) is 13.9. The third-order valence-electron chi connectivity index (χ3n) is 5.77. The Morgan fingerprint density at radius 1 is 1.19 bits per heavy atom. The first kappa shape index (κ1) is 22.5. The second-order valence-electron chi connectivity index (χ2n) is 9.13. The van der Waals surface area contributed by atoms with Crippen LogP contribution in [0.15, 0.2) is 30.3 Å². The standard InChI is InChI=1S/C21H36FNO3Si/c1-8-24-19-14-18(23(26-19)15-17-12-10-9-11-13-17)21(5,22)16-25-27(6,7)20(2,3)4/h9-13,18-19H,8,14-16H2,1-7H3. The Bertz CT molecular complexity index is 589. The monoisotopic (exact) mass is 397 g/mol. The number of nitrogens with zero attached hydrogens (tertiary/aromatic N) is 1. The molecule has 1 aliphatic heterocycles. The number of hydrogen-bond acceptors (Lipinski definition) is 4. The van der Waals surface area contributed by atoms with Crippen LogP contribution < -0.4 is 0 Å². The van der Waals surface area contributed by atoms with Crippen molar-refractivity contribution in [2.45, 2.75) is 83.7 Å². The summed E-state index contributed by atoms with van der Waals surface area (Å²) in [5, 5.41) is 1.79. The van der Waals surface area contributed by atoms with Gasteiger partial charge in [-0.25, -0.2) is 4.39 Å². The number of hydrogen-bond donors (Lipinski definition) is 0. The van der Waals surface area contributed by atoms with Gasteiger partial charge in [-0.3, -0.25) is 4.84 Å². The molecule has 3 atom stereocenters. The fourth-order valence-corrected chi connectivity index (χ4v) is 4.02. The van der Waals surface area contributed by atoms with Gasteiger partial charge < -0.3 is 9.16 Å². The van der Waals surface area contributed by atoms with Gasteiger partial charge in [-0.1, -0.05) is 51.1 Å². The summed E-state index contributed by atoms with van der Waals surface area (Å²) in [6, 6.07) is 9.57. The molecule has 1 saturated heterocycles. The molecule has 27 heavy (non-hydrogen) atoms. The van der Waals surface area contributed by atoms with E-state index in [1.54, 1.807) is 12.0 Å². The van der Waals surface area contributed by atoms with Gasteiger partial charge in [0.1, 0.15) is 5.67 Å². The Labute approximate surface area is 165 Å². The number of benzene rings is 1. The van der Waals surface area contributed by atoms with E-state index in [0.717, 1.165) is 5.56 Å². The topological polar surface area (TPSA) is 30.9 Å². The fourth-order valence-electron chi connectivity index (χ4n) is 2.94. The molecule has 4 nitrogen and oxygen atoms in total. The number of ether oxygens (including phenoxy) is 1. The van der Waals surface area contributed by atoms with E-state index in [-0.39, 0.29) is 11.6 Å². The molecule has 0 aliphatic carbocycles. The molecule has 0 N–H and O–H groups in total. The van der Waals surface area contributed by atoms with Crippen LogP contribution in [0.3, 0.4) is 0 Å². The van der Waals surface area contributed by atoms with Crippen LogP contribution >= 0.6 is 0 Å². The Balaban J connectivity index is 2.12. The molecule has 3 unspecified atom stereocenters. The smallest absolute Gasteiger partial charge is 0.192 e. The highest BCUT2D eigenvalue weighted by molar-refractivity contribution is 6.74. The minimum atomic E-state index is -2.02. The van der Waals surface area contributed by atoms with E-state index in [9.17, 15) is 0 Å². The minimum absolute atomic E-state index is 0.0485. The fraction of sp³-hybridized carbons (Fsp3) is 0.714. The lowest BCUT2D eigenvalue weighted by Crippen LogP contribution is -2.51. The quantitative estimate of drug-likeness (QED) is 0.557. The average Bonchev–Trinajstić information content (AvgIpc) is 2.97. The van der Waals surface area contributed by atoms with Gasteiger partial charge in [0.25, 0.3) is 0 Å². The van der Waals surface area contributed by atoms with Crippen molar-refractivity contribution in [1.82, 2.24) is 5.06 Å². The van der Waals surface area contributed by atoms with Gasteiger partial charge in [0.15, 0.2) is 14.6 Å². The summed E-state index contributed by atoms with van der Waals surface area (Å²) in [5.41, 5.74) is -0.448. The predicted octanol–water partition coefficient (Wildman–Crippen LogP) is 5.31. The molecule has 0 amide bonds. The zero-order chi connectivity index (χ0) is 20.3. The SMILES string of the molecule is CCOC1CC(C(C)(F)CO[Si](C)(C)C(C)(C)C)N(Cc2ccccc2)O1. The zero-order valence-corrected chi connectivity index (χ0v) is 18.9. The van der Waals surface area contributed by atoms with Crippen LogP contribution in [0.5, 0.6) is 0 Å².